The van der Waals surface area contributed by atoms with E-state index >= 15 is 0 Å². The molecule has 0 aliphatic carbocycles. The lowest BCUT2D eigenvalue weighted by atomic mass is 10.0. The van der Waals surface area contributed by atoms with E-state index in [1.54, 1.807) is 36.4 Å². The van der Waals surface area contributed by atoms with Crippen molar-refractivity contribution in [3.63, 3.8) is 0 Å². The van der Waals surface area contributed by atoms with Crippen LogP contribution in [0.3, 0.4) is 0 Å². The van der Waals surface area contributed by atoms with Crippen LogP contribution in [0.5, 0.6) is 28.9 Å². The van der Waals surface area contributed by atoms with Gasteiger partial charge in [-0.1, -0.05) is 12.1 Å². The first kappa shape index (κ1) is 28.5. The minimum atomic E-state index is -1.30. The largest absolute Gasteiger partial charge is 0.514 e. The third-order valence-corrected chi connectivity index (χ3v) is 7.17. The second kappa shape index (κ2) is 12.2. The summed E-state index contributed by atoms with van der Waals surface area (Å²) in [4.78, 5) is 57.0. The van der Waals surface area contributed by atoms with E-state index in [-0.39, 0.29) is 17.4 Å². The monoisotopic (exact) mass is 598 g/mol. The first-order valence-corrected chi connectivity index (χ1v) is 13.5. The van der Waals surface area contributed by atoms with Gasteiger partial charge in [-0.15, -0.1) is 11.3 Å². The Bertz CT molecular complexity index is 1530. The maximum absolute atomic E-state index is 13.7. The first-order chi connectivity index (χ1) is 20.3. The number of methoxy groups -OCH3 is 3. The van der Waals surface area contributed by atoms with Crippen molar-refractivity contribution in [3.05, 3.63) is 52.9 Å². The molecule has 0 spiro atoms. The predicted octanol–water partition coefficient (Wildman–Crippen LogP) is 2.92. The van der Waals surface area contributed by atoms with Crippen molar-refractivity contribution >= 4 is 40.5 Å². The van der Waals surface area contributed by atoms with E-state index < -0.39 is 36.1 Å². The average molecular weight is 599 g/mol. The van der Waals surface area contributed by atoms with Crippen LogP contribution in [0, 0.1) is 0 Å². The standard InChI is InChI=1S/C27H26N4O10S/c1-36-17-6-4-14(11-19(17)37-2)10-16(23(32)30-25-28-21(13-42-25)41-27(35)38-3)31-24(33)22(29-26(31)34)15-5-7-18-20(12-15)40-9-8-39-18/h4-7,11-13,16,22H,8-10H2,1-3H3,(H,29,34)(H,28,30,32)/t16-,22?/m0/s1. The molecule has 220 valence electrons. The van der Waals surface area contributed by atoms with E-state index in [9.17, 15) is 19.2 Å². The molecule has 0 saturated carbocycles. The lowest BCUT2D eigenvalue weighted by Gasteiger charge is -2.25. The van der Waals surface area contributed by atoms with Gasteiger partial charge in [0.15, 0.2) is 28.1 Å². The molecule has 2 aliphatic heterocycles. The van der Waals surface area contributed by atoms with E-state index in [0.29, 0.717) is 47.3 Å². The molecule has 2 aromatic carbocycles. The Balaban J connectivity index is 1.43. The van der Waals surface area contributed by atoms with Crippen LogP contribution in [-0.4, -0.2) is 74.5 Å². The van der Waals surface area contributed by atoms with Gasteiger partial charge in [-0.3, -0.25) is 9.59 Å². The van der Waals surface area contributed by atoms with Crippen LogP contribution in [-0.2, 0) is 20.7 Å². The highest BCUT2D eigenvalue weighted by Crippen LogP contribution is 2.35. The summed E-state index contributed by atoms with van der Waals surface area (Å²) in [5.74, 6) is 0.436. The van der Waals surface area contributed by atoms with Gasteiger partial charge in [-0.2, -0.15) is 4.98 Å². The summed E-state index contributed by atoms with van der Waals surface area (Å²) in [6.07, 6.45) is -1.04. The van der Waals surface area contributed by atoms with Crippen molar-refractivity contribution in [2.45, 2.75) is 18.5 Å². The number of carbonyl (C=O) groups is 4. The number of amides is 4. The molecule has 2 atom stereocenters. The maximum atomic E-state index is 13.7. The van der Waals surface area contributed by atoms with Crippen LogP contribution in [0.1, 0.15) is 17.2 Å². The summed E-state index contributed by atoms with van der Waals surface area (Å²) in [5, 5.41) is 6.74. The van der Waals surface area contributed by atoms with E-state index in [1.807, 2.05) is 0 Å². The summed E-state index contributed by atoms with van der Waals surface area (Å²) in [6, 6.07) is 6.84. The molecule has 0 bridgehead atoms. The highest BCUT2D eigenvalue weighted by molar-refractivity contribution is 7.14. The molecule has 2 N–H and O–H groups in total. The highest BCUT2D eigenvalue weighted by Gasteiger charge is 2.45. The number of benzene rings is 2. The molecule has 14 nitrogen and oxygen atoms in total. The van der Waals surface area contributed by atoms with Crippen molar-refractivity contribution < 1.29 is 47.6 Å². The van der Waals surface area contributed by atoms with Gasteiger partial charge in [0.05, 0.1) is 26.7 Å². The molecule has 15 heteroatoms. The Morgan fingerprint density at radius 1 is 1.07 bits per heavy atom. The van der Waals surface area contributed by atoms with Gasteiger partial charge in [-0.25, -0.2) is 14.5 Å². The predicted molar refractivity (Wildman–Crippen MR) is 146 cm³/mol. The molecule has 0 radical (unpaired) electrons. The summed E-state index contributed by atoms with van der Waals surface area (Å²) >= 11 is 0.978. The zero-order chi connectivity index (χ0) is 29.8. The molecule has 4 amide bonds. The average Bonchev–Trinajstić information content (AvgIpc) is 3.57. The van der Waals surface area contributed by atoms with Gasteiger partial charge < -0.3 is 39.1 Å². The van der Waals surface area contributed by atoms with Gasteiger partial charge in [0, 0.05) is 6.42 Å². The summed E-state index contributed by atoms with van der Waals surface area (Å²) < 4.78 is 31.2. The molecule has 42 heavy (non-hydrogen) atoms. The van der Waals surface area contributed by atoms with E-state index in [1.165, 1.54) is 19.6 Å². The van der Waals surface area contributed by atoms with Crippen LogP contribution in [0.15, 0.2) is 41.8 Å². The number of carbonyl (C=O) groups excluding carboxylic acids is 4. The Hall–Kier alpha value is -5.05. The second-order valence-electron chi connectivity index (χ2n) is 8.94. The molecule has 2 aliphatic rings. The number of aromatic nitrogens is 1. The van der Waals surface area contributed by atoms with Gasteiger partial charge in [-0.05, 0) is 35.4 Å². The van der Waals surface area contributed by atoms with Gasteiger partial charge >= 0.3 is 12.2 Å². The van der Waals surface area contributed by atoms with E-state index in [0.717, 1.165) is 23.3 Å². The normalized spacial score (nSPS) is 16.4. The third kappa shape index (κ3) is 5.85. The number of ether oxygens (including phenoxy) is 6. The Morgan fingerprint density at radius 2 is 1.83 bits per heavy atom. The summed E-state index contributed by atoms with van der Waals surface area (Å²) in [5.41, 5.74) is 1.06. The highest BCUT2D eigenvalue weighted by atomic mass is 32.1. The Labute approximate surface area is 243 Å². The molecule has 5 rings (SSSR count). The Kier molecular flexibility index (Phi) is 8.28. The Morgan fingerprint density at radius 3 is 2.57 bits per heavy atom. The smallest absolute Gasteiger partial charge is 0.493 e. The molecule has 1 saturated heterocycles. The minimum absolute atomic E-state index is 0.0594. The molecule has 3 aromatic rings. The molecule has 1 unspecified atom stereocenters. The number of nitrogens with zero attached hydrogens (tertiary/aromatic N) is 2. The fourth-order valence-electron chi connectivity index (χ4n) is 4.47. The van der Waals surface area contributed by atoms with Crippen LogP contribution < -0.4 is 34.3 Å². The fraction of sp³-hybridized carbons (Fsp3) is 0.296. The number of imide groups is 1. The number of fused-ring (bicyclic) bond motifs is 1. The lowest BCUT2D eigenvalue weighted by molar-refractivity contribution is -0.134. The number of rotatable bonds is 9. The van der Waals surface area contributed by atoms with Gasteiger partial charge in [0.25, 0.3) is 5.91 Å². The quantitative estimate of drug-likeness (QED) is 0.275. The second-order valence-corrected chi connectivity index (χ2v) is 9.80. The van der Waals surface area contributed by atoms with E-state index in [4.69, 9.17) is 23.7 Å². The number of nitrogens with one attached hydrogen (secondary N) is 2. The van der Waals surface area contributed by atoms with Crippen molar-refractivity contribution in [3.8, 4) is 28.9 Å². The first-order valence-electron chi connectivity index (χ1n) is 12.6. The number of urea groups is 1. The fourth-order valence-corrected chi connectivity index (χ4v) is 5.08. The van der Waals surface area contributed by atoms with Crippen LogP contribution in [0.2, 0.25) is 0 Å². The number of thiazole rings is 1. The SMILES string of the molecule is COC(=O)Oc1csc(NC(=O)[C@H](Cc2ccc(OC)c(OC)c2)N2C(=O)NC(c3ccc4c(c3)OCCO4)C2=O)n1. The zero-order valence-corrected chi connectivity index (χ0v) is 23.5. The van der Waals surface area contributed by atoms with Gasteiger partial charge in [0.2, 0.25) is 11.8 Å². The van der Waals surface area contributed by atoms with Crippen LogP contribution in [0.25, 0.3) is 0 Å². The van der Waals surface area contributed by atoms with Crippen molar-refractivity contribution in [1.29, 1.82) is 0 Å². The number of hydrogen-bond acceptors (Lipinski definition) is 12. The number of anilines is 1. The van der Waals surface area contributed by atoms with Crippen molar-refractivity contribution in [2.75, 3.05) is 39.9 Å². The van der Waals surface area contributed by atoms with Gasteiger partial charge in [0.1, 0.15) is 25.3 Å². The lowest BCUT2D eigenvalue weighted by Crippen LogP contribution is -2.49. The topological polar surface area (TPSA) is 164 Å². The van der Waals surface area contributed by atoms with Crippen LogP contribution >= 0.6 is 11.3 Å². The van der Waals surface area contributed by atoms with E-state index in [2.05, 4.69) is 20.4 Å². The molecule has 3 heterocycles. The maximum Gasteiger partial charge on any atom is 0.514 e. The minimum Gasteiger partial charge on any atom is -0.493 e. The van der Waals surface area contributed by atoms with Crippen molar-refractivity contribution in [2.24, 2.45) is 0 Å². The summed E-state index contributed by atoms with van der Waals surface area (Å²) in [7, 11) is 4.11. The molecular formula is C27H26N4O10S. The molecule has 1 fully saturated rings. The summed E-state index contributed by atoms with van der Waals surface area (Å²) in [6.45, 7) is 0.756. The third-order valence-electron chi connectivity index (χ3n) is 6.43. The van der Waals surface area contributed by atoms with Crippen LogP contribution in [0.4, 0.5) is 14.7 Å². The molecular weight excluding hydrogens is 572 g/mol. The number of hydrogen-bond donors (Lipinski definition) is 2. The molecule has 1 aromatic heterocycles. The van der Waals surface area contributed by atoms with Crippen molar-refractivity contribution in [1.82, 2.24) is 15.2 Å². The zero-order valence-electron chi connectivity index (χ0n) is 22.7.